The molecule has 3 rings (SSSR count). The number of carbonyl (C=O) groups excluding carboxylic acids is 2. The summed E-state index contributed by atoms with van der Waals surface area (Å²) in [6, 6.07) is 7.52. The maximum Gasteiger partial charge on any atom is 0.325 e. The zero-order chi connectivity index (χ0) is 18.8. The number of hydrogen-bond donors (Lipinski definition) is 3. The Bertz CT molecular complexity index is 843. The van der Waals surface area contributed by atoms with E-state index in [-0.39, 0.29) is 11.8 Å². The molecule has 2 amide bonds. The molecule has 136 valence electrons. The average Bonchev–Trinajstić information content (AvgIpc) is 3.29. The van der Waals surface area contributed by atoms with Crippen molar-refractivity contribution in [2.45, 2.75) is 32.2 Å². The van der Waals surface area contributed by atoms with Gasteiger partial charge in [0.2, 0.25) is 5.91 Å². The molecule has 1 aliphatic rings. The lowest BCUT2D eigenvalue weighted by molar-refractivity contribution is -0.138. The highest BCUT2D eigenvalue weighted by atomic mass is 32.1. The zero-order valence-electron chi connectivity index (χ0n) is 14.5. The van der Waals surface area contributed by atoms with E-state index >= 15 is 0 Å². The van der Waals surface area contributed by atoms with Crippen molar-refractivity contribution in [2.75, 3.05) is 5.32 Å². The molecule has 7 heteroatoms. The van der Waals surface area contributed by atoms with E-state index in [1.54, 1.807) is 35.6 Å². The summed E-state index contributed by atoms with van der Waals surface area (Å²) < 4.78 is 0. The van der Waals surface area contributed by atoms with Crippen LogP contribution in [0.4, 0.5) is 5.69 Å². The number of carbonyl (C=O) groups is 3. The summed E-state index contributed by atoms with van der Waals surface area (Å²) in [6.07, 6.45) is 0.862. The first kappa shape index (κ1) is 18.1. The Hall–Kier alpha value is -2.67. The number of aliphatic carboxylic acids is 1. The van der Waals surface area contributed by atoms with Crippen molar-refractivity contribution in [3.63, 3.8) is 0 Å². The summed E-state index contributed by atoms with van der Waals surface area (Å²) in [5.41, 5.74) is 2.20. The minimum absolute atomic E-state index is 0.00765. The molecule has 0 bridgehead atoms. The second kappa shape index (κ2) is 7.29. The Kier molecular flexibility index (Phi) is 5.08. The van der Waals surface area contributed by atoms with Crippen molar-refractivity contribution < 1.29 is 19.5 Å². The number of thiophene rings is 1. The van der Waals surface area contributed by atoms with E-state index in [0.29, 0.717) is 17.2 Å². The number of carboxylic acids is 1. The predicted octanol–water partition coefficient (Wildman–Crippen LogP) is 3.00. The molecule has 0 saturated heterocycles. The van der Waals surface area contributed by atoms with Crippen LogP contribution in [0.3, 0.4) is 0 Å². The summed E-state index contributed by atoms with van der Waals surface area (Å²) in [5, 5.41) is 16.1. The van der Waals surface area contributed by atoms with Crippen LogP contribution in [0, 0.1) is 12.8 Å². The minimum atomic E-state index is -1.10. The highest BCUT2D eigenvalue weighted by molar-refractivity contribution is 7.10. The smallest absolute Gasteiger partial charge is 0.325 e. The van der Waals surface area contributed by atoms with Crippen LogP contribution in [-0.4, -0.2) is 28.9 Å². The minimum Gasteiger partial charge on any atom is -0.480 e. The molecular formula is C19H20N2O4S. The molecule has 0 aliphatic heterocycles. The fourth-order valence-electron chi connectivity index (χ4n) is 2.82. The number of anilines is 1. The summed E-state index contributed by atoms with van der Waals surface area (Å²) in [4.78, 5) is 36.4. The SMILES string of the molecule is Cc1ccsc1C1CC1C(=O)Nc1ccc(C(=O)NC(C)C(=O)O)cc1. The van der Waals surface area contributed by atoms with Gasteiger partial charge in [0.15, 0.2) is 0 Å². The highest BCUT2D eigenvalue weighted by Crippen LogP contribution is 2.50. The van der Waals surface area contributed by atoms with E-state index in [2.05, 4.69) is 23.6 Å². The topological polar surface area (TPSA) is 95.5 Å². The monoisotopic (exact) mass is 372 g/mol. The van der Waals surface area contributed by atoms with E-state index in [4.69, 9.17) is 5.11 Å². The van der Waals surface area contributed by atoms with E-state index in [1.807, 2.05) is 5.38 Å². The summed E-state index contributed by atoms with van der Waals surface area (Å²) in [5.74, 6) is -1.28. The van der Waals surface area contributed by atoms with Gasteiger partial charge in [-0.1, -0.05) is 0 Å². The second-order valence-corrected chi connectivity index (χ2v) is 7.46. The lowest BCUT2D eigenvalue weighted by Crippen LogP contribution is -2.38. The normalized spacial score (nSPS) is 19.5. The van der Waals surface area contributed by atoms with E-state index < -0.39 is 17.9 Å². The summed E-state index contributed by atoms with van der Waals surface area (Å²) in [6.45, 7) is 3.46. The molecule has 3 atom stereocenters. The lowest BCUT2D eigenvalue weighted by Gasteiger charge is -2.10. The van der Waals surface area contributed by atoms with Gasteiger partial charge in [-0.3, -0.25) is 14.4 Å². The van der Waals surface area contributed by atoms with Crippen LogP contribution in [0.1, 0.15) is 40.1 Å². The third-order valence-electron chi connectivity index (χ3n) is 4.50. The van der Waals surface area contributed by atoms with Crippen LogP contribution in [0.15, 0.2) is 35.7 Å². The Balaban J connectivity index is 1.56. The Morgan fingerprint density at radius 2 is 1.88 bits per heavy atom. The lowest BCUT2D eigenvalue weighted by atomic mass is 10.1. The zero-order valence-corrected chi connectivity index (χ0v) is 15.3. The summed E-state index contributed by atoms with van der Waals surface area (Å²) in [7, 11) is 0. The number of rotatable bonds is 6. The second-order valence-electron chi connectivity index (χ2n) is 6.52. The number of nitrogens with one attached hydrogen (secondary N) is 2. The van der Waals surface area contributed by atoms with Crippen molar-refractivity contribution in [1.29, 1.82) is 0 Å². The molecular weight excluding hydrogens is 352 g/mol. The number of benzene rings is 1. The van der Waals surface area contributed by atoms with Crippen LogP contribution in [0.25, 0.3) is 0 Å². The van der Waals surface area contributed by atoms with E-state index in [0.717, 1.165) is 6.42 Å². The highest BCUT2D eigenvalue weighted by Gasteiger charge is 2.45. The molecule has 1 fully saturated rings. The third-order valence-corrected chi connectivity index (χ3v) is 5.65. The van der Waals surface area contributed by atoms with Gasteiger partial charge in [-0.2, -0.15) is 0 Å². The van der Waals surface area contributed by atoms with Crippen LogP contribution >= 0.6 is 11.3 Å². The van der Waals surface area contributed by atoms with Gasteiger partial charge in [-0.15, -0.1) is 11.3 Å². The molecule has 1 aliphatic carbocycles. The van der Waals surface area contributed by atoms with Crippen LogP contribution in [0.2, 0.25) is 0 Å². The van der Waals surface area contributed by atoms with Crippen molar-refractivity contribution in [3.8, 4) is 0 Å². The van der Waals surface area contributed by atoms with Crippen molar-refractivity contribution in [1.82, 2.24) is 5.32 Å². The molecule has 3 unspecified atom stereocenters. The standard InChI is InChI=1S/C19H20N2O4S/c1-10-7-8-26-16(10)14-9-15(14)18(23)21-13-5-3-12(4-6-13)17(22)20-11(2)19(24)25/h3-8,11,14-15H,9H2,1-2H3,(H,20,22)(H,21,23)(H,24,25). The summed E-state index contributed by atoms with van der Waals surface area (Å²) >= 11 is 1.69. The number of hydrogen-bond acceptors (Lipinski definition) is 4. The molecule has 1 heterocycles. The average molecular weight is 372 g/mol. The Morgan fingerprint density at radius 1 is 1.19 bits per heavy atom. The third kappa shape index (κ3) is 3.94. The molecule has 3 N–H and O–H groups in total. The maximum absolute atomic E-state index is 12.4. The molecule has 0 spiro atoms. The molecule has 1 aromatic heterocycles. The van der Waals surface area contributed by atoms with Crippen molar-refractivity contribution in [3.05, 3.63) is 51.7 Å². The van der Waals surface area contributed by atoms with E-state index in [1.165, 1.54) is 17.4 Å². The molecule has 0 radical (unpaired) electrons. The Morgan fingerprint density at radius 3 is 2.46 bits per heavy atom. The number of amides is 2. The quantitative estimate of drug-likeness (QED) is 0.726. The number of carboxylic acid groups (broad SMARTS) is 1. The van der Waals surface area contributed by atoms with Gasteiger partial charge >= 0.3 is 5.97 Å². The van der Waals surface area contributed by atoms with Gasteiger partial charge in [0.1, 0.15) is 6.04 Å². The van der Waals surface area contributed by atoms with Crippen molar-refractivity contribution >= 4 is 34.8 Å². The number of aryl methyl sites for hydroxylation is 1. The van der Waals surface area contributed by atoms with Gasteiger partial charge < -0.3 is 15.7 Å². The molecule has 26 heavy (non-hydrogen) atoms. The van der Waals surface area contributed by atoms with E-state index in [9.17, 15) is 14.4 Å². The van der Waals surface area contributed by atoms with Crippen LogP contribution in [0.5, 0.6) is 0 Å². The fraction of sp³-hybridized carbons (Fsp3) is 0.316. The largest absolute Gasteiger partial charge is 0.480 e. The molecule has 2 aromatic rings. The van der Waals surface area contributed by atoms with Gasteiger partial charge in [-0.25, -0.2) is 0 Å². The fourth-order valence-corrected chi connectivity index (χ4v) is 3.93. The molecule has 1 aromatic carbocycles. The van der Waals surface area contributed by atoms with Gasteiger partial charge in [0.05, 0.1) is 0 Å². The Labute approximate surface area is 155 Å². The first-order chi connectivity index (χ1) is 12.4. The first-order valence-electron chi connectivity index (χ1n) is 8.35. The molecule has 6 nitrogen and oxygen atoms in total. The van der Waals surface area contributed by atoms with Crippen LogP contribution in [-0.2, 0) is 9.59 Å². The van der Waals surface area contributed by atoms with Gasteiger partial charge in [0, 0.05) is 28.0 Å². The van der Waals surface area contributed by atoms with Gasteiger partial charge in [0.25, 0.3) is 5.91 Å². The van der Waals surface area contributed by atoms with Crippen molar-refractivity contribution in [2.24, 2.45) is 5.92 Å². The van der Waals surface area contributed by atoms with Gasteiger partial charge in [-0.05, 0) is 61.5 Å². The van der Waals surface area contributed by atoms with Crippen LogP contribution < -0.4 is 10.6 Å². The first-order valence-corrected chi connectivity index (χ1v) is 9.23. The molecule has 1 saturated carbocycles. The maximum atomic E-state index is 12.4. The predicted molar refractivity (Wildman–Crippen MR) is 99.5 cm³/mol.